The lowest BCUT2D eigenvalue weighted by molar-refractivity contribution is 0.626. The molecule has 1 aromatic carbocycles. The van der Waals surface area contributed by atoms with E-state index in [0.29, 0.717) is 17.5 Å². The van der Waals surface area contributed by atoms with Gasteiger partial charge in [-0.05, 0) is 31.5 Å². The number of anilines is 4. The summed E-state index contributed by atoms with van der Waals surface area (Å²) in [6.45, 7) is 3.86. The molecule has 0 bridgehead atoms. The molecular formula is C16H18FN7. The summed E-state index contributed by atoms with van der Waals surface area (Å²) < 4.78 is 13.0. The van der Waals surface area contributed by atoms with Crippen LogP contribution in [0.25, 0.3) is 0 Å². The van der Waals surface area contributed by atoms with Crippen molar-refractivity contribution in [2.45, 2.75) is 19.9 Å². The molecule has 3 rings (SSSR count). The average Bonchev–Trinajstić information content (AvgIpc) is 2.92. The number of aromatic amines is 1. The summed E-state index contributed by atoms with van der Waals surface area (Å²) in [5.74, 6) is 1.61. The number of nitrogens with two attached hydrogens (primary N) is 1. The number of benzene rings is 1. The highest BCUT2D eigenvalue weighted by molar-refractivity contribution is 5.58. The number of halogens is 1. The molecule has 7 nitrogen and oxygen atoms in total. The van der Waals surface area contributed by atoms with Gasteiger partial charge in [-0.1, -0.05) is 12.1 Å². The minimum absolute atomic E-state index is 0.0691. The van der Waals surface area contributed by atoms with E-state index in [1.807, 2.05) is 19.9 Å². The molecule has 0 aliphatic heterocycles. The van der Waals surface area contributed by atoms with E-state index in [9.17, 15) is 4.39 Å². The van der Waals surface area contributed by atoms with E-state index in [2.05, 4.69) is 30.8 Å². The number of rotatable bonds is 5. The van der Waals surface area contributed by atoms with Gasteiger partial charge < -0.3 is 16.4 Å². The lowest BCUT2D eigenvalue weighted by Crippen LogP contribution is -2.10. The zero-order chi connectivity index (χ0) is 17.1. The van der Waals surface area contributed by atoms with E-state index in [4.69, 9.17) is 5.73 Å². The Labute approximate surface area is 138 Å². The highest BCUT2D eigenvalue weighted by Gasteiger charge is 2.09. The molecule has 0 radical (unpaired) electrons. The third kappa shape index (κ3) is 3.78. The highest BCUT2D eigenvalue weighted by Crippen LogP contribution is 2.22. The summed E-state index contributed by atoms with van der Waals surface area (Å²) in [7, 11) is 0. The first-order chi connectivity index (χ1) is 11.5. The minimum Gasteiger partial charge on any atom is -0.368 e. The van der Waals surface area contributed by atoms with Crippen LogP contribution >= 0.6 is 0 Å². The van der Waals surface area contributed by atoms with Crippen LogP contribution in [0.1, 0.15) is 24.2 Å². The Kier molecular flexibility index (Phi) is 4.28. The van der Waals surface area contributed by atoms with Crippen LogP contribution in [0.4, 0.5) is 27.8 Å². The molecule has 0 spiro atoms. The molecule has 8 heteroatoms. The second-order valence-electron chi connectivity index (χ2n) is 5.48. The van der Waals surface area contributed by atoms with Gasteiger partial charge in [0.15, 0.2) is 5.82 Å². The topological polar surface area (TPSA) is 105 Å². The number of nitrogen functional groups attached to an aromatic ring is 1. The molecule has 1 atom stereocenters. The molecule has 5 N–H and O–H groups in total. The predicted octanol–water partition coefficient (Wildman–Crippen LogP) is 3.15. The SMILES string of the molecule is Cc1cc(Nc2cc(NC(C)c3ccc(F)cc3)nc(N)n2)n[nH]1. The van der Waals surface area contributed by atoms with Gasteiger partial charge in [0.2, 0.25) is 5.95 Å². The number of hydrogen-bond acceptors (Lipinski definition) is 6. The molecule has 0 aliphatic rings. The number of nitrogens with one attached hydrogen (secondary N) is 3. The summed E-state index contributed by atoms with van der Waals surface area (Å²) in [5.41, 5.74) is 7.64. The average molecular weight is 327 g/mol. The van der Waals surface area contributed by atoms with Gasteiger partial charge in [-0.25, -0.2) is 4.39 Å². The Morgan fingerprint density at radius 2 is 1.79 bits per heavy atom. The van der Waals surface area contributed by atoms with Gasteiger partial charge >= 0.3 is 0 Å². The molecular weight excluding hydrogens is 309 g/mol. The molecule has 0 aliphatic carbocycles. The minimum atomic E-state index is -0.266. The van der Waals surface area contributed by atoms with E-state index < -0.39 is 0 Å². The normalized spacial score (nSPS) is 12.0. The van der Waals surface area contributed by atoms with E-state index in [1.54, 1.807) is 18.2 Å². The van der Waals surface area contributed by atoms with Crippen LogP contribution in [0.15, 0.2) is 36.4 Å². The first-order valence-corrected chi connectivity index (χ1v) is 7.45. The maximum atomic E-state index is 13.0. The van der Waals surface area contributed by atoms with Crippen LogP contribution in [0, 0.1) is 12.7 Å². The van der Waals surface area contributed by atoms with Crippen LogP contribution in [-0.4, -0.2) is 20.2 Å². The third-order valence-electron chi connectivity index (χ3n) is 3.44. The Balaban J connectivity index is 1.76. The van der Waals surface area contributed by atoms with Gasteiger partial charge in [-0.15, -0.1) is 0 Å². The zero-order valence-electron chi connectivity index (χ0n) is 13.3. The maximum Gasteiger partial charge on any atom is 0.223 e. The van der Waals surface area contributed by atoms with E-state index in [1.165, 1.54) is 12.1 Å². The molecule has 3 aromatic rings. The molecule has 0 saturated carbocycles. The fourth-order valence-corrected chi connectivity index (χ4v) is 2.27. The largest absolute Gasteiger partial charge is 0.368 e. The summed E-state index contributed by atoms with van der Waals surface area (Å²) in [6.07, 6.45) is 0. The van der Waals surface area contributed by atoms with Crippen molar-refractivity contribution >= 4 is 23.4 Å². The second-order valence-corrected chi connectivity index (χ2v) is 5.48. The second kappa shape index (κ2) is 6.53. The van der Waals surface area contributed by atoms with Crippen molar-refractivity contribution in [2.24, 2.45) is 0 Å². The first-order valence-electron chi connectivity index (χ1n) is 7.45. The van der Waals surface area contributed by atoms with Gasteiger partial charge in [0.1, 0.15) is 17.5 Å². The first kappa shape index (κ1) is 15.7. The fourth-order valence-electron chi connectivity index (χ4n) is 2.27. The van der Waals surface area contributed by atoms with Crippen molar-refractivity contribution in [1.82, 2.24) is 20.2 Å². The van der Waals surface area contributed by atoms with Gasteiger partial charge in [0.05, 0.1) is 0 Å². The Bertz CT molecular complexity index is 829. The number of nitrogens with zero attached hydrogens (tertiary/aromatic N) is 3. The number of aryl methyl sites for hydroxylation is 1. The molecule has 24 heavy (non-hydrogen) atoms. The molecule has 0 amide bonds. The monoisotopic (exact) mass is 327 g/mol. The van der Waals surface area contributed by atoms with Crippen LogP contribution in [-0.2, 0) is 0 Å². The van der Waals surface area contributed by atoms with Crippen molar-refractivity contribution in [3.8, 4) is 0 Å². The quantitative estimate of drug-likeness (QED) is 0.574. The maximum absolute atomic E-state index is 13.0. The molecule has 0 saturated heterocycles. The van der Waals surface area contributed by atoms with Crippen molar-refractivity contribution in [3.05, 3.63) is 53.5 Å². The summed E-state index contributed by atoms with van der Waals surface area (Å²) in [4.78, 5) is 8.32. The third-order valence-corrected chi connectivity index (χ3v) is 3.44. The summed E-state index contributed by atoms with van der Waals surface area (Å²) in [6, 6.07) is 9.82. The van der Waals surface area contributed by atoms with Crippen molar-refractivity contribution in [1.29, 1.82) is 0 Å². The lowest BCUT2D eigenvalue weighted by Gasteiger charge is -2.16. The fraction of sp³-hybridized carbons (Fsp3) is 0.188. The molecule has 2 aromatic heterocycles. The van der Waals surface area contributed by atoms with E-state index >= 15 is 0 Å². The summed E-state index contributed by atoms with van der Waals surface area (Å²) >= 11 is 0. The van der Waals surface area contributed by atoms with E-state index in [0.717, 1.165) is 11.3 Å². The van der Waals surface area contributed by atoms with Crippen LogP contribution in [0.3, 0.4) is 0 Å². The summed E-state index contributed by atoms with van der Waals surface area (Å²) in [5, 5.41) is 13.2. The van der Waals surface area contributed by atoms with E-state index in [-0.39, 0.29) is 17.8 Å². The van der Waals surface area contributed by atoms with Gasteiger partial charge in [-0.2, -0.15) is 15.1 Å². The van der Waals surface area contributed by atoms with Crippen molar-refractivity contribution in [3.63, 3.8) is 0 Å². The molecule has 124 valence electrons. The zero-order valence-corrected chi connectivity index (χ0v) is 13.3. The standard InChI is InChI=1S/C16H18FN7/c1-9-7-15(24-23-9)20-14-8-13(21-16(18)22-14)19-10(2)11-3-5-12(17)6-4-11/h3-8,10H,1-2H3,(H5,18,19,20,21,22,23,24). The van der Waals surface area contributed by atoms with Gasteiger partial charge in [0.25, 0.3) is 0 Å². The lowest BCUT2D eigenvalue weighted by atomic mass is 10.1. The van der Waals surface area contributed by atoms with Gasteiger partial charge in [-0.3, -0.25) is 5.10 Å². The smallest absolute Gasteiger partial charge is 0.223 e. The number of hydrogen-bond donors (Lipinski definition) is 4. The molecule has 2 heterocycles. The highest BCUT2D eigenvalue weighted by atomic mass is 19.1. The van der Waals surface area contributed by atoms with Crippen LogP contribution < -0.4 is 16.4 Å². The predicted molar refractivity (Wildman–Crippen MR) is 91.5 cm³/mol. The Hall–Kier alpha value is -3.16. The number of H-pyrrole nitrogens is 1. The molecule has 0 fully saturated rings. The van der Waals surface area contributed by atoms with Crippen molar-refractivity contribution < 1.29 is 4.39 Å². The van der Waals surface area contributed by atoms with Crippen LogP contribution in [0.5, 0.6) is 0 Å². The van der Waals surface area contributed by atoms with Crippen LogP contribution in [0.2, 0.25) is 0 Å². The number of aromatic nitrogens is 4. The van der Waals surface area contributed by atoms with Gasteiger partial charge in [0, 0.05) is 23.9 Å². The molecule has 1 unspecified atom stereocenters. The Morgan fingerprint density at radius 1 is 1.08 bits per heavy atom. The van der Waals surface area contributed by atoms with Crippen molar-refractivity contribution in [2.75, 3.05) is 16.4 Å². The Morgan fingerprint density at radius 3 is 2.46 bits per heavy atom.